The van der Waals surface area contributed by atoms with Gasteiger partial charge in [0.15, 0.2) is 8.32 Å². The number of anilines is 1. The second-order valence-corrected chi connectivity index (χ2v) is 17.5. The first-order valence-electron chi connectivity index (χ1n) is 13.8. The summed E-state index contributed by atoms with van der Waals surface area (Å²) < 4.78 is 17.4. The maximum absolute atomic E-state index is 13.4. The van der Waals surface area contributed by atoms with Crippen LogP contribution < -0.4 is 15.5 Å². The summed E-state index contributed by atoms with van der Waals surface area (Å²) in [5.41, 5.74) is 8.03. The predicted molar refractivity (Wildman–Crippen MR) is 161 cm³/mol. The van der Waals surface area contributed by atoms with E-state index in [1.807, 2.05) is 6.07 Å². The molecule has 4 N–H and O–H groups in total. The fraction of sp³-hybridized carbons (Fsp3) is 0.586. The highest BCUT2D eigenvalue weighted by Gasteiger charge is 2.48. The van der Waals surface area contributed by atoms with Gasteiger partial charge < -0.3 is 30.1 Å². The number of rotatable bonds is 10. The van der Waals surface area contributed by atoms with E-state index < -0.39 is 30.7 Å². The van der Waals surface area contributed by atoms with Crippen LogP contribution >= 0.6 is 0 Å². The molecule has 3 heterocycles. The lowest BCUT2D eigenvalue weighted by atomic mass is 9.99. The van der Waals surface area contributed by atoms with Crippen molar-refractivity contribution in [3.8, 4) is 6.07 Å². The summed E-state index contributed by atoms with van der Waals surface area (Å²) in [4.78, 5) is 22.9. The minimum Gasteiger partial charge on any atom is -0.412 e. The number of aryl methyl sites for hydroxylation is 1. The van der Waals surface area contributed by atoms with Crippen molar-refractivity contribution in [1.29, 1.82) is 5.26 Å². The maximum Gasteiger partial charge on any atom is 0.426 e. The molecule has 0 bridgehead atoms. The molecule has 2 aromatic rings. The number of quaternary nitrogens is 1. The van der Waals surface area contributed by atoms with Crippen LogP contribution in [-0.2, 0) is 26.9 Å². The number of nitrogens with one attached hydrogen (secondary N) is 1. The number of primary amides is 1. The number of pyridine rings is 2. The van der Waals surface area contributed by atoms with Gasteiger partial charge in [0.1, 0.15) is 18.3 Å². The number of aliphatic hydroxyl groups is 1. The molecule has 0 radical (unpaired) electrons. The van der Waals surface area contributed by atoms with Crippen molar-refractivity contribution in [3.63, 3.8) is 0 Å². The number of urea groups is 1. The van der Waals surface area contributed by atoms with Crippen molar-refractivity contribution >= 4 is 31.7 Å². The summed E-state index contributed by atoms with van der Waals surface area (Å²) in [5, 5.41) is 23.1. The van der Waals surface area contributed by atoms with Crippen LogP contribution in [0, 0.1) is 11.3 Å². The summed E-state index contributed by atoms with van der Waals surface area (Å²) in [6.07, 6.45) is 1.96. The molecule has 0 aliphatic carbocycles. The van der Waals surface area contributed by atoms with Crippen LogP contribution in [0.5, 0.6) is 0 Å². The topological polar surface area (TPSA) is 153 Å². The van der Waals surface area contributed by atoms with E-state index in [9.17, 15) is 15.2 Å². The summed E-state index contributed by atoms with van der Waals surface area (Å²) in [6, 6.07) is 5.13. The average molecular weight is 586 g/mol. The van der Waals surface area contributed by atoms with Crippen molar-refractivity contribution in [2.24, 2.45) is 5.73 Å². The summed E-state index contributed by atoms with van der Waals surface area (Å²) >= 11 is 0. The molecule has 1 aliphatic rings. The molecule has 2 aromatic heterocycles. The first-order chi connectivity index (χ1) is 19.0. The molecule has 224 valence electrons. The molecule has 1 aliphatic heterocycles. The van der Waals surface area contributed by atoms with E-state index >= 15 is 0 Å². The lowest BCUT2D eigenvalue weighted by Crippen LogP contribution is -2.56. The number of ether oxygens (including phenoxy) is 2. The zero-order valence-electron chi connectivity index (χ0n) is 25.8. The Morgan fingerprint density at radius 1 is 1.24 bits per heavy atom. The minimum absolute atomic E-state index is 0.0208. The third-order valence-corrected chi connectivity index (χ3v) is 12.5. The molecule has 1 atom stereocenters. The first-order valence-corrected chi connectivity index (χ1v) is 16.7. The quantitative estimate of drug-likeness (QED) is 0.198. The second-order valence-electron chi connectivity index (χ2n) is 12.7. The Bertz CT molecular complexity index is 1310. The predicted octanol–water partition coefficient (Wildman–Crippen LogP) is 5.01. The summed E-state index contributed by atoms with van der Waals surface area (Å²) in [7, 11) is 0.983. The van der Waals surface area contributed by atoms with Crippen LogP contribution in [-0.4, -0.2) is 62.3 Å². The van der Waals surface area contributed by atoms with Gasteiger partial charge in [-0.05, 0) is 44.5 Å². The molecule has 0 saturated carbocycles. The molecule has 41 heavy (non-hydrogen) atoms. The van der Waals surface area contributed by atoms with Crippen molar-refractivity contribution in [2.75, 3.05) is 32.6 Å². The number of hydrogen-bond donors (Lipinski definition) is 3. The van der Waals surface area contributed by atoms with E-state index in [1.165, 1.54) is 20.4 Å². The van der Waals surface area contributed by atoms with Gasteiger partial charge in [0.25, 0.3) is 0 Å². The molecule has 0 saturated heterocycles. The number of methoxy groups -OCH3 is 2. The third-order valence-electron chi connectivity index (χ3n) is 8.03. The highest BCUT2D eigenvalue weighted by atomic mass is 28.4. The fourth-order valence-electron chi connectivity index (χ4n) is 4.60. The first kappa shape index (κ1) is 32.6. The number of nitriles is 1. The van der Waals surface area contributed by atoms with Gasteiger partial charge in [-0.2, -0.15) is 10.2 Å². The smallest absolute Gasteiger partial charge is 0.412 e. The lowest BCUT2D eigenvalue weighted by Gasteiger charge is -2.37. The Morgan fingerprint density at radius 3 is 2.44 bits per heavy atom. The molecule has 3 rings (SSSR count). The lowest BCUT2D eigenvalue weighted by molar-refractivity contribution is -0.109. The van der Waals surface area contributed by atoms with Gasteiger partial charge in [-0.1, -0.05) is 20.8 Å². The monoisotopic (exact) mass is 585 g/mol. The zero-order valence-corrected chi connectivity index (χ0v) is 26.8. The van der Waals surface area contributed by atoms with Gasteiger partial charge in [-0.3, -0.25) is 0 Å². The SMILES string of the molecule is COC(OC)c1nc2c(cc1CO[Si](C)(C)C(C)(C)C)CCC[N+]2(C(N)=O)c1cc(NCC(C)(C)O)c(C#N)cn1. The van der Waals surface area contributed by atoms with Crippen LogP contribution in [0.4, 0.5) is 22.1 Å². The molecule has 1 unspecified atom stereocenters. The molecule has 0 fully saturated rings. The molecule has 12 heteroatoms. The Balaban J connectivity index is 2.21. The number of amides is 2. The number of fused-ring (bicyclic) bond motifs is 1. The Morgan fingerprint density at radius 2 is 1.90 bits per heavy atom. The molecule has 11 nitrogen and oxygen atoms in total. The standard InChI is InChI=1S/C29H44N6O5Si/c1-28(2,3)41(8,9)40-17-20-13-19-11-10-12-35(27(31)36,25(19)34-24(20)26(38-6)39-7)23-14-22(21(15-30)16-32-23)33-18-29(4,5)37/h13-14,16,26,37H,10-12,17-18H2,1-9H3,(H2-,31,32,33,36)/p+1. The van der Waals surface area contributed by atoms with E-state index in [-0.39, 0.29) is 17.1 Å². The van der Waals surface area contributed by atoms with E-state index in [0.717, 1.165) is 11.1 Å². The fourth-order valence-corrected chi connectivity index (χ4v) is 5.55. The van der Waals surface area contributed by atoms with Gasteiger partial charge in [0.2, 0.25) is 17.9 Å². The number of aromatic nitrogens is 2. The number of nitrogens with two attached hydrogens (primary N) is 1. The number of nitrogens with zero attached hydrogens (tertiary/aromatic N) is 4. The Labute approximate surface area is 244 Å². The molecular formula is C29H45N6O5Si+. The van der Waals surface area contributed by atoms with Crippen LogP contribution in [0.3, 0.4) is 0 Å². The van der Waals surface area contributed by atoms with Crippen molar-refractivity contribution in [1.82, 2.24) is 14.5 Å². The van der Waals surface area contributed by atoms with Gasteiger partial charge >= 0.3 is 6.03 Å². The Hall–Kier alpha value is -2.92. The molecule has 0 spiro atoms. The van der Waals surface area contributed by atoms with Crippen molar-refractivity contribution < 1.29 is 23.8 Å². The van der Waals surface area contributed by atoms with E-state index in [1.54, 1.807) is 19.9 Å². The molecule has 0 aromatic carbocycles. The van der Waals surface area contributed by atoms with Gasteiger partial charge in [-0.15, -0.1) is 4.48 Å². The van der Waals surface area contributed by atoms with Crippen molar-refractivity contribution in [3.05, 3.63) is 40.7 Å². The largest absolute Gasteiger partial charge is 0.426 e. The maximum atomic E-state index is 13.4. The average Bonchev–Trinajstić information content (AvgIpc) is 2.89. The van der Waals surface area contributed by atoms with Gasteiger partial charge in [0, 0.05) is 44.4 Å². The zero-order chi connectivity index (χ0) is 30.8. The van der Waals surface area contributed by atoms with E-state index in [2.05, 4.69) is 50.2 Å². The Kier molecular flexibility index (Phi) is 9.64. The van der Waals surface area contributed by atoms with Crippen LogP contribution in [0.1, 0.15) is 69.7 Å². The van der Waals surface area contributed by atoms with Crippen LogP contribution in [0.2, 0.25) is 18.1 Å². The van der Waals surface area contributed by atoms with E-state index in [0.29, 0.717) is 49.0 Å². The highest BCUT2D eigenvalue weighted by molar-refractivity contribution is 6.74. The minimum atomic E-state index is -2.09. The van der Waals surface area contributed by atoms with Crippen LogP contribution in [0.15, 0.2) is 18.3 Å². The normalized spacial score (nSPS) is 17.7. The number of hydrogen-bond acceptors (Lipinski definition) is 9. The number of carbonyl (C=O) groups is 1. The summed E-state index contributed by atoms with van der Waals surface area (Å²) in [6.45, 7) is 15.1. The van der Waals surface area contributed by atoms with E-state index in [4.69, 9.17) is 24.6 Å². The van der Waals surface area contributed by atoms with Gasteiger partial charge in [-0.25, -0.2) is 9.78 Å². The molecular weight excluding hydrogens is 540 g/mol. The third kappa shape index (κ3) is 6.77. The number of carbonyl (C=O) groups excluding carboxylic acids is 1. The van der Waals surface area contributed by atoms with Crippen LogP contribution in [0.25, 0.3) is 0 Å². The molecule has 2 amide bonds. The van der Waals surface area contributed by atoms with Crippen molar-refractivity contribution in [2.45, 2.75) is 84.1 Å². The van der Waals surface area contributed by atoms with Gasteiger partial charge in [0.05, 0.1) is 29.7 Å². The highest BCUT2D eigenvalue weighted by Crippen LogP contribution is 2.43. The summed E-state index contributed by atoms with van der Waals surface area (Å²) in [5.74, 6) is 0.769. The second kappa shape index (κ2) is 12.1.